The number of carbonyl (C=O) groups is 1. The molecule has 0 atom stereocenters. The van der Waals surface area contributed by atoms with E-state index in [1.165, 1.54) is 19.3 Å². The van der Waals surface area contributed by atoms with Gasteiger partial charge in [0.2, 0.25) is 0 Å². The minimum Gasteiger partial charge on any atom is -0.462 e. The molecular formula is C20H34N2O2. The van der Waals surface area contributed by atoms with Gasteiger partial charge in [-0.3, -0.25) is 0 Å². The molecule has 0 aliphatic rings. The highest BCUT2D eigenvalue weighted by Gasteiger charge is 2.26. The monoisotopic (exact) mass is 334 g/mol. The maximum Gasteiger partial charge on any atom is 0.338 e. The minimum atomic E-state index is -0.344. The maximum atomic E-state index is 12.2. The highest BCUT2D eigenvalue weighted by molar-refractivity contribution is 5.92. The van der Waals surface area contributed by atoms with Gasteiger partial charge in [-0.1, -0.05) is 59.8 Å². The summed E-state index contributed by atoms with van der Waals surface area (Å²) in [6, 6.07) is 3.39. The van der Waals surface area contributed by atoms with Crippen LogP contribution in [0.2, 0.25) is 0 Å². The van der Waals surface area contributed by atoms with Gasteiger partial charge >= 0.3 is 5.97 Å². The van der Waals surface area contributed by atoms with Gasteiger partial charge < -0.3 is 16.2 Å². The second-order valence-electron chi connectivity index (χ2n) is 7.21. The van der Waals surface area contributed by atoms with Crippen molar-refractivity contribution in [2.45, 2.75) is 78.1 Å². The van der Waals surface area contributed by atoms with Gasteiger partial charge in [0, 0.05) is 16.9 Å². The van der Waals surface area contributed by atoms with Crippen LogP contribution in [0.4, 0.5) is 11.4 Å². The van der Waals surface area contributed by atoms with E-state index in [1.54, 1.807) is 12.1 Å². The number of anilines is 2. The van der Waals surface area contributed by atoms with E-state index < -0.39 is 0 Å². The lowest BCUT2D eigenvalue weighted by molar-refractivity contribution is 0.0497. The second-order valence-corrected chi connectivity index (χ2v) is 7.21. The Bertz CT molecular complexity index is 515. The van der Waals surface area contributed by atoms with E-state index in [-0.39, 0.29) is 11.4 Å². The molecule has 0 saturated heterocycles. The van der Waals surface area contributed by atoms with E-state index >= 15 is 0 Å². The summed E-state index contributed by atoms with van der Waals surface area (Å²) in [5.74, 6) is -0.344. The average Bonchev–Trinajstić information content (AvgIpc) is 2.49. The van der Waals surface area contributed by atoms with Crippen molar-refractivity contribution in [1.29, 1.82) is 0 Å². The number of unbranched alkanes of at least 4 members (excludes halogenated alkanes) is 4. The molecule has 4 N–H and O–H groups in total. The van der Waals surface area contributed by atoms with Crippen molar-refractivity contribution in [3.8, 4) is 0 Å². The molecule has 1 rings (SSSR count). The van der Waals surface area contributed by atoms with Crippen LogP contribution < -0.4 is 11.5 Å². The predicted octanol–water partition coefficient (Wildman–Crippen LogP) is 5.06. The molecule has 0 aromatic heterocycles. The van der Waals surface area contributed by atoms with Crippen LogP contribution in [0.1, 0.15) is 88.6 Å². The Morgan fingerprint density at radius 3 is 2.12 bits per heavy atom. The van der Waals surface area contributed by atoms with Gasteiger partial charge in [-0.2, -0.15) is 0 Å². The Morgan fingerprint density at radius 2 is 1.58 bits per heavy atom. The Balaban J connectivity index is 2.72. The zero-order valence-electron chi connectivity index (χ0n) is 15.8. The number of carbonyl (C=O) groups excluding carboxylic acids is 1. The molecule has 4 nitrogen and oxygen atoms in total. The van der Waals surface area contributed by atoms with Crippen molar-refractivity contribution < 1.29 is 9.53 Å². The molecule has 0 aliphatic heterocycles. The molecule has 0 unspecified atom stereocenters. The van der Waals surface area contributed by atoms with Crippen LogP contribution in [-0.2, 0) is 10.2 Å². The molecule has 136 valence electrons. The first-order valence-corrected chi connectivity index (χ1v) is 9.20. The van der Waals surface area contributed by atoms with Gasteiger partial charge in [0.25, 0.3) is 0 Å². The lowest BCUT2D eigenvalue weighted by Gasteiger charge is -2.28. The molecule has 0 heterocycles. The van der Waals surface area contributed by atoms with Crippen LogP contribution in [-0.4, -0.2) is 12.6 Å². The third-order valence-electron chi connectivity index (χ3n) is 4.47. The zero-order chi connectivity index (χ0) is 18.2. The molecule has 0 saturated carbocycles. The van der Waals surface area contributed by atoms with Crippen LogP contribution >= 0.6 is 0 Å². The van der Waals surface area contributed by atoms with Crippen molar-refractivity contribution in [3.05, 3.63) is 23.3 Å². The summed E-state index contributed by atoms with van der Waals surface area (Å²) in [5, 5.41) is 0. The molecule has 0 fully saturated rings. The van der Waals surface area contributed by atoms with Crippen molar-refractivity contribution in [2.24, 2.45) is 0 Å². The Hall–Kier alpha value is -1.71. The predicted molar refractivity (Wildman–Crippen MR) is 102 cm³/mol. The molecule has 0 amide bonds. The molecule has 0 spiro atoms. The summed E-state index contributed by atoms with van der Waals surface area (Å²) in [6.07, 6.45) is 7.66. The summed E-state index contributed by atoms with van der Waals surface area (Å²) in [6.45, 7) is 9.03. The maximum absolute atomic E-state index is 12.2. The van der Waals surface area contributed by atoms with Gasteiger partial charge in [-0.15, -0.1) is 0 Å². The summed E-state index contributed by atoms with van der Waals surface area (Å²) in [7, 11) is 0. The standard InChI is InChI=1S/C20H34N2O2/c1-5-7-8-9-10-12-24-19(23)15-13-16(21)18(17(22)14-15)20(3,4)11-6-2/h13-14H,5-12,21-22H2,1-4H3. The number of rotatable bonds is 10. The summed E-state index contributed by atoms with van der Waals surface area (Å²) in [4.78, 5) is 12.2. The van der Waals surface area contributed by atoms with Crippen molar-refractivity contribution in [3.63, 3.8) is 0 Å². The quantitative estimate of drug-likeness (QED) is 0.356. The van der Waals surface area contributed by atoms with Crippen LogP contribution in [0.25, 0.3) is 0 Å². The van der Waals surface area contributed by atoms with E-state index in [9.17, 15) is 4.79 Å². The smallest absolute Gasteiger partial charge is 0.338 e. The van der Waals surface area contributed by atoms with E-state index in [0.29, 0.717) is 23.5 Å². The van der Waals surface area contributed by atoms with Crippen molar-refractivity contribution in [1.82, 2.24) is 0 Å². The number of esters is 1. The van der Waals surface area contributed by atoms with Gasteiger partial charge in [0.15, 0.2) is 0 Å². The highest BCUT2D eigenvalue weighted by atomic mass is 16.5. The van der Waals surface area contributed by atoms with Gasteiger partial charge in [-0.05, 0) is 30.4 Å². The molecule has 0 aliphatic carbocycles. The Kier molecular flexibility index (Phi) is 8.09. The van der Waals surface area contributed by atoms with E-state index in [0.717, 1.165) is 31.2 Å². The largest absolute Gasteiger partial charge is 0.462 e. The minimum absolute atomic E-state index is 0.107. The normalized spacial score (nSPS) is 11.5. The molecule has 0 radical (unpaired) electrons. The van der Waals surface area contributed by atoms with Gasteiger partial charge in [0.05, 0.1) is 12.2 Å². The number of hydrogen-bond acceptors (Lipinski definition) is 4. The number of hydrogen-bond donors (Lipinski definition) is 2. The van der Waals surface area contributed by atoms with Crippen molar-refractivity contribution >= 4 is 17.3 Å². The van der Waals surface area contributed by atoms with E-state index in [4.69, 9.17) is 16.2 Å². The van der Waals surface area contributed by atoms with Crippen LogP contribution in [0, 0.1) is 0 Å². The van der Waals surface area contributed by atoms with Gasteiger partial charge in [-0.25, -0.2) is 4.79 Å². The first kappa shape index (κ1) is 20.3. The molecule has 0 bridgehead atoms. The molecule has 24 heavy (non-hydrogen) atoms. The highest BCUT2D eigenvalue weighted by Crippen LogP contribution is 2.37. The second kappa shape index (κ2) is 9.55. The zero-order valence-corrected chi connectivity index (χ0v) is 15.8. The third-order valence-corrected chi connectivity index (χ3v) is 4.47. The lowest BCUT2D eigenvalue weighted by Crippen LogP contribution is -2.21. The average molecular weight is 335 g/mol. The summed E-state index contributed by atoms with van der Waals surface area (Å²) >= 11 is 0. The molecule has 1 aromatic carbocycles. The Morgan fingerprint density at radius 1 is 1.00 bits per heavy atom. The fraction of sp³-hybridized carbons (Fsp3) is 0.650. The SMILES string of the molecule is CCCCCCCOC(=O)c1cc(N)c(C(C)(C)CCC)c(N)c1. The number of benzene rings is 1. The van der Waals surface area contributed by atoms with E-state index in [1.807, 2.05) is 0 Å². The third kappa shape index (κ3) is 5.73. The Labute approximate surface area is 146 Å². The molecular weight excluding hydrogens is 300 g/mol. The van der Waals surface area contributed by atoms with Crippen molar-refractivity contribution in [2.75, 3.05) is 18.1 Å². The topological polar surface area (TPSA) is 78.3 Å². The first-order valence-electron chi connectivity index (χ1n) is 9.20. The fourth-order valence-electron chi connectivity index (χ4n) is 3.29. The van der Waals surface area contributed by atoms with Crippen LogP contribution in [0.5, 0.6) is 0 Å². The number of ether oxygens (including phenoxy) is 1. The van der Waals surface area contributed by atoms with E-state index in [2.05, 4.69) is 27.7 Å². The van der Waals surface area contributed by atoms with Gasteiger partial charge in [0.1, 0.15) is 0 Å². The van der Waals surface area contributed by atoms with Crippen LogP contribution in [0.15, 0.2) is 12.1 Å². The first-order chi connectivity index (χ1) is 11.3. The summed E-state index contributed by atoms with van der Waals surface area (Å²) < 4.78 is 5.34. The molecule has 1 aromatic rings. The number of nitrogens with two attached hydrogens (primary N) is 2. The summed E-state index contributed by atoms with van der Waals surface area (Å²) in [5.41, 5.74) is 14.8. The fourth-order valence-corrected chi connectivity index (χ4v) is 3.29. The lowest BCUT2D eigenvalue weighted by atomic mass is 9.78. The molecule has 4 heteroatoms. The number of nitrogen functional groups attached to an aromatic ring is 2. The van der Waals surface area contributed by atoms with Crippen LogP contribution in [0.3, 0.4) is 0 Å².